The van der Waals surface area contributed by atoms with Gasteiger partial charge in [0.15, 0.2) is 0 Å². The van der Waals surface area contributed by atoms with Gasteiger partial charge in [0, 0.05) is 25.2 Å². The summed E-state index contributed by atoms with van der Waals surface area (Å²) in [6.07, 6.45) is 1.28. The molecule has 5 heteroatoms. The fourth-order valence-corrected chi connectivity index (χ4v) is 1.81. The third-order valence-corrected chi connectivity index (χ3v) is 2.63. The molecule has 0 bridgehead atoms. The van der Waals surface area contributed by atoms with Crippen molar-refractivity contribution in [3.63, 3.8) is 0 Å². The number of benzene rings is 1. The molecule has 0 atom stereocenters. The van der Waals surface area contributed by atoms with E-state index in [4.69, 9.17) is 11.5 Å². The van der Waals surface area contributed by atoms with Gasteiger partial charge in [-0.2, -0.15) is 0 Å². The zero-order chi connectivity index (χ0) is 11.5. The van der Waals surface area contributed by atoms with E-state index < -0.39 is 0 Å². The lowest BCUT2D eigenvalue weighted by atomic mass is 10.0. The van der Waals surface area contributed by atoms with Crippen molar-refractivity contribution in [2.75, 3.05) is 29.5 Å². The molecule has 6 N–H and O–H groups in total. The van der Waals surface area contributed by atoms with Crippen LogP contribution in [-0.2, 0) is 11.2 Å². The SMILES string of the molecule is NCCNc1cc2c(cc1N)CCC(=O)N2. The van der Waals surface area contributed by atoms with E-state index in [1.165, 1.54) is 0 Å². The van der Waals surface area contributed by atoms with Crippen LogP contribution in [0.25, 0.3) is 0 Å². The summed E-state index contributed by atoms with van der Waals surface area (Å²) in [6.45, 7) is 1.21. The number of hydrogen-bond donors (Lipinski definition) is 4. The van der Waals surface area contributed by atoms with Gasteiger partial charge in [0.25, 0.3) is 0 Å². The Balaban J connectivity index is 2.27. The molecule has 0 radical (unpaired) electrons. The Kier molecular flexibility index (Phi) is 2.96. The molecule has 0 unspecified atom stereocenters. The van der Waals surface area contributed by atoms with Gasteiger partial charge in [0.1, 0.15) is 0 Å². The first kappa shape index (κ1) is 10.8. The van der Waals surface area contributed by atoms with Crippen LogP contribution in [0.5, 0.6) is 0 Å². The Morgan fingerprint density at radius 1 is 1.38 bits per heavy atom. The fourth-order valence-electron chi connectivity index (χ4n) is 1.81. The minimum absolute atomic E-state index is 0.0575. The predicted molar refractivity (Wildman–Crippen MR) is 65.3 cm³/mol. The maximum absolute atomic E-state index is 11.3. The molecule has 1 aromatic carbocycles. The minimum atomic E-state index is 0.0575. The van der Waals surface area contributed by atoms with Crippen LogP contribution in [0.2, 0.25) is 0 Å². The van der Waals surface area contributed by atoms with Crippen molar-refractivity contribution in [3.05, 3.63) is 17.7 Å². The van der Waals surface area contributed by atoms with Gasteiger partial charge in [-0.15, -0.1) is 0 Å². The maximum Gasteiger partial charge on any atom is 0.224 e. The second kappa shape index (κ2) is 4.40. The highest BCUT2D eigenvalue weighted by Gasteiger charge is 2.16. The molecule has 0 aliphatic carbocycles. The molecule has 5 nitrogen and oxygen atoms in total. The normalized spacial score (nSPS) is 14.2. The summed E-state index contributed by atoms with van der Waals surface area (Å²) in [5.41, 5.74) is 14.8. The van der Waals surface area contributed by atoms with E-state index in [9.17, 15) is 4.79 Å². The van der Waals surface area contributed by atoms with Crippen molar-refractivity contribution in [1.82, 2.24) is 0 Å². The quantitative estimate of drug-likeness (QED) is 0.559. The molecule has 1 aromatic rings. The number of amides is 1. The molecule has 1 heterocycles. The van der Waals surface area contributed by atoms with Gasteiger partial charge in [-0.3, -0.25) is 4.79 Å². The van der Waals surface area contributed by atoms with E-state index in [1.807, 2.05) is 12.1 Å². The first-order valence-electron chi connectivity index (χ1n) is 5.37. The summed E-state index contributed by atoms with van der Waals surface area (Å²) >= 11 is 0. The Hall–Kier alpha value is -1.75. The van der Waals surface area contributed by atoms with Gasteiger partial charge in [-0.1, -0.05) is 0 Å². The van der Waals surface area contributed by atoms with Crippen LogP contribution in [0.4, 0.5) is 17.1 Å². The summed E-state index contributed by atoms with van der Waals surface area (Å²) in [5.74, 6) is 0.0575. The van der Waals surface area contributed by atoms with Crippen molar-refractivity contribution < 1.29 is 4.79 Å². The van der Waals surface area contributed by atoms with E-state index in [-0.39, 0.29) is 5.91 Å². The molecule has 0 fully saturated rings. The van der Waals surface area contributed by atoms with Gasteiger partial charge in [-0.25, -0.2) is 0 Å². The smallest absolute Gasteiger partial charge is 0.224 e. The number of rotatable bonds is 3. The lowest BCUT2D eigenvalue weighted by Crippen LogP contribution is -2.20. The zero-order valence-electron chi connectivity index (χ0n) is 9.05. The summed E-state index contributed by atoms with van der Waals surface area (Å²) in [4.78, 5) is 11.3. The standard InChI is InChI=1S/C11H16N4O/c12-3-4-14-10-6-9-7(5-8(10)13)1-2-11(16)15-9/h5-6,14H,1-4,12-13H2,(H,15,16). The van der Waals surface area contributed by atoms with E-state index >= 15 is 0 Å². The van der Waals surface area contributed by atoms with Crippen molar-refractivity contribution >= 4 is 23.0 Å². The highest BCUT2D eigenvalue weighted by atomic mass is 16.1. The zero-order valence-corrected chi connectivity index (χ0v) is 9.05. The largest absolute Gasteiger partial charge is 0.397 e. The number of nitrogen functional groups attached to an aromatic ring is 1. The number of aryl methyl sites for hydroxylation is 1. The number of nitrogens with one attached hydrogen (secondary N) is 2. The minimum Gasteiger partial charge on any atom is -0.397 e. The highest BCUT2D eigenvalue weighted by molar-refractivity contribution is 5.95. The monoisotopic (exact) mass is 220 g/mol. The molecule has 1 aliphatic rings. The molecule has 2 rings (SSSR count). The molecule has 86 valence electrons. The third-order valence-electron chi connectivity index (χ3n) is 2.63. The average molecular weight is 220 g/mol. The van der Waals surface area contributed by atoms with Gasteiger partial charge >= 0.3 is 0 Å². The number of anilines is 3. The second-order valence-electron chi connectivity index (χ2n) is 3.86. The fraction of sp³-hybridized carbons (Fsp3) is 0.364. The predicted octanol–water partition coefficient (Wildman–Crippen LogP) is 0.524. The van der Waals surface area contributed by atoms with Crippen LogP contribution in [0.15, 0.2) is 12.1 Å². The number of nitrogens with two attached hydrogens (primary N) is 2. The Labute approximate surface area is 94.2 Å². The lowest BCUT2D eigenvalue weighted by molar-refractivity contribution is -0.116. The molecule has 0 aromatic heterocycles. The van der Waals surface area contributed by atoms with E-state index in [0.717, 1.165) is 23.4 Å². The number of hydrogen-bond acceptors (Lipinski definition) is 4. The van der Waals surface area contributed by atoms with Crippen molar-refractivity contribution in [1.29, 1.82) is 0 Å². The van der Waals surface area contributed by atoms with E-state index in [1.54, 1.807) is 0 Å². The molecule has 0 saturated carbocycles. The number of carbonyl (C=O) groups excluding carboxylic acids is 1. The maximum atomic E-state index is 11.3. The molecule has 1 aliphatic heterocycles. The van der Waals surface area contributed by atoms with E-state index in [0.29, 0.717) is 25.2 Å². The van der Waals surface area contributed by atoms with Crippen LogP contribution in [0.3, 0.4) is 0 Å². The van der Waals surface area contributed by atoms with Crippen molar-refractivity contribution in [2.24, 2.45) is 5.73 Å². The van der Waals surface area contributed by atoms with Crippen molar-refractivity contribution in [3.8, 4) is 0 Å². The molecule has 0 spiro atoms. The Morgan fingerprint density at radius 2 is 2.19 bits per heavy atom. The second-order valence-corrected chi connectivity index (χ2v) is 3.86. The van der Waals surface area contributed by atoms with Crippen LogP contribution in [0.1, 0.15) is 12.0 Å². The van der Waals surface area contributed by atoms with Gasteiger partial charge in [-0.05, 0) is 24.1 Å². The molecule has 0 saturated heterocycles. The topological polar surface area (TPSA) is 93.2 Å². The van der Waals surface area contributed by atoms with Gasteiger partial charge in [0.05, 0.1) is 11.4 Å². The lowest BCUT2D eigenvalue weighted by Gasteiger charge is -2.19. The number of fused-ring (bicyclic) bond motifs is 1. The first-order chi connectivity index (χ1) is 7.70. The van der Waals surface area contributed by atoms with Crippen LogP contribution < -0.4 is 22.1 Å². The Bertz CT molecular complexity index is 417. The summed E-state index contributed by atoms with van der Waals surface area (Å²) in [7, 11) is 0. The van der Waals surface area contributed by atoms with Crippen LogP contribution >= 0.6 is 0 Å². The molecular formula is C11H16N4O. The highest BCUT2D eigenvalue weighted by Crippen LogP contribution is 2.30. The molecular weight excluding hydrogens is 204 g/mol. The van der Waals surface area contributed by atoms with Gasteiger partial charge < -0.3 is 22.1 Å². The summed E-state index contributed by atoms with van der Waals surface area (Å²) in [5, 5.41) is 5.96. The first-order valence-corrected chi connectivity index (χ1v) is 5.37. The third kappa shape index (κ3) is 2.09. The average Bonchev–Trinajstić information content (AvgIpc) is 2.27. The number of carbonyl (C=O) groups is 1. The molecule has 1 amide bonds. The van der Waals surface area contributed by atoms with E-state index in [2.05, 4.69) is 10.6 Å². The van der Waals surface area contributed by atoms with Crippen LogP contribution in [0, 0.1) is 0 Å². The summed E-state index contributed by atoms with van der Waals surface area (Å²) < 4.78 is 0. The molecule has 16 heavy (non-hydrogen) atoms. The Morgan fingerprint density at radius 3 is 2.94 bits per heavy atom. The van der Waals surface area contributed by atoms with Crippen LogP contribution in [-0.4, -0.2) is 19.0 Å². The van der Waals surface area contributed by atoms with Gasteiger partial charge in [0.2, 0.25) is 5.91 Å². The van der Waals surface area contributed by atoms with Crippen molar-refractivity contribution in [2.45, 2.75) is 12.8 Å². The summed E-state index contributed by atoms with van der Waals surface area (Å²) in [6, 6.07) is 3.78.